The quantitative estimate of drug-likeness (QED) is 0.743. The van der Waals surface area contributed by atoms with Gasteiger partial charge in [-0.2, -0.15) is 0 Å². The number of nitrogens with zero attached hydrogens (tertiary/aromatic N) is 2. The van der Waals surface area contributed by atoms with E-state index in [1.54, 1.807) is 0 Å². The number of hydrogen-bond donors (Lipinski definition) is 0. The molecule has 1 heterocycles. The molecule has 3 rings (SSSR count). The molecule has 2 nitrogen and oxygen atoms in total. The zero-order chi connectivity index (χ0) is 17.3. The van der Waals surface area contributed by atoms with Crippen LogP contribution in [0.2, 0.25) is 0 Å². The molecule has 2 aromatic carbocycles. The molecule has 2 aromatic rings. The van der Waals surface area contributed by atoms with Crippen LogP contribution in [0.4, 0.5) is 0 Å². The summed E-state index contributed by atoms with van der Waals surface area (Å²) in [5, 5.41) is 0. The summed E-state index contributed by atoms with van der Waals surface area (Å²) in [7, 11) is 0. The lowest BCUT2D eigenvalue weighted by Gasteiger charge is -2.37. The van der Waals surface area contributed by atoms with E-state index in [4.69, 9.17) is 0 Å². The molecule has 1 aliphatic heterocycles. The van der Waals surface area contributed by atoms with Crippen LogP contribution in [-0.2, 0) is 6.42 Å². The number of hydrogen-bond acceptors (Lipinski definition) is 2. The van der Waals surface area contributed by atoms with Crippen LogP contribution >= 0.6 is 0 Å². The molecule has 0 amide bonds. The summed E-state index contributed by atoms with van der Waals surface area (Å²) in [6, 6.07) is 22.1. The first-order valence-electron chi connectivity index (χ1n) is 9.53. The molecule has 1 unspecified atom stereocenters. The Morgan fingerprint density at radius 1 is 0.880 bits per heavy atom. The predicted molar refractivity (Wildman–Crippen MR) is 108 cm³/mol. The van der Waals surface area contributed by atoms with Crippen LogP contribution in [0.15, 0.2) is 66.7 Å². The summed E-state index contributed by atoms with van der Waals surface area (Å²) in [4.78, 5) is 5.21. The number of aryl methyl sites for hydroxylation is 1. The number of rotatable bonds is 7. The molecular formula is C23H30N2. The van der Waals surface area contributed by atoms with Gasteiger partial charge in [-0.05, 0) is 30.9 Å². The van der Waals surface area contributed by atoms with E-state index >= 15 is 0 Å². The third kappa shape index (κ3) is 5.84. The van der Waals surface area contributed by atoms with Gasteiger partial charge in [-0.1, -0.05) is 72.8 Å². The normalized spacial score (nSPS) is 17.8. The van der Waals surface area contributed by atoms with Gasteiger partial charge in [0, 0.05) is 38.8 Å². The zero-order valence-electron chi connectivity index (χ0n) is 15.3. The second-order valence-corrected chi connectivity index (χ2v) is 7.02. The summed E-state index contributed by atoms with van der Waals surface area (Å²) in [5.41, 5.74) is 2.75. The van der Waals surface area contributed by atoms with Gasteiger partial charge in [0.15, 0.2) is 0 Å². The lowest BCUT2D eigenvalue weighted by Crippen LogP contribution is -2.49. The highest BCUT2D eigenvalue weighted by atomic mass is 15.3. The van der Waals surface area contributed by atoms with Gasteiger partial charge in [-0.25, -0.2) is 0 Å². The van der Waals surface area contributed by atoms with Crippen LogP contribution in [0.1, 0.15) is 24.5 Å². The van der Waals surface area contributed by atoms with Crippen LogP contribution in [0.3, 0.4) is 0 Å². The third-order valence-electron chi connectivity index (χ3n) is 5.20. The van der Waals surface area contributed by atoms with E-state index in [9.17, 15) is 0 Å². The van der Waals surface area contributed by atoms with Crippen molar-refractivity contribution in [3.63, 3.8) is 0 Å². The van der Waals surface area contributed by atoms with Crippen molar-refractivity contribution < 1.29 is 0 Å². The van der Waals surface area contributed by atoms with Crippen LogP contribution < -0.4 is 0 Å². The van der Waals surface area contributed by atoms with E-state index in [2.05, 4.69) is 89.5 Å². The van der Waals surface area contributed by atoms with Crippen molar-refractivity contribution in [3.8, 4) is 0 Å². The molecule has 132 valence electrons. The van der Waals surface area contributed by atoms with Crippen LogP contribution in [-0.4, -0.2) is 48.6 Å². The molecule has 1 saturated heterocycles. The van der Waals surface area contributed by atoms with Gasteiger partial charge >= 0.3 is 0 Å². The Morgan fingerprint density at radius 2 is 1.52 bits per heavy atom. The summed E-state index contributed by atoms with van der Waals surface area (Å²) >= 11 is 0. The average molecular weight is 335 g/mol. The summed E-state index contributed by atoms with van der Waals surface area (Å²) in [6.07, 6.45) is 6.96. The van der Waals surface area contributed by atoms with Gasteiger partial charge < -0.3 is 0 Å². The molecular weight excluding hydrogens is 304 g/mol. The lowest BCUT2D eigenvalue weighted by atomic mass is 10.0. The van der Waals surface area contributed by atoms with Crippen molar-refractivity contribution in [1.82, 2.24) is 9.80 Å². The maximum Gasteiger partial charge on any atom is 0.0167 e. The van der Waals surface area contributed by atoms with Crippen molar-refractivity contribution in [2.45, 2.75) is 25.8 Å². The molecule has 1 atom stereocenters. The largest absolute Gasteiger partial charge is 0.298 e. The Bertz CT molecular complexity index is 628. The molecule has 0 aromatic heterocycles. The Labute approximate surface area is 152 Å². The Morgan fingerprint density at radius 3 is 2.20 bits per heavy atom. The van der Waals surface area contributed by atoms with E-state index in [1.807, 2.05) is 0 Å². The summed E-state index contributed by atoms with van der Waals surface area (Å²) in [6.45, 7) is 8.17. The zero-order valence-corrected chi connectivity index (χ0v) is 15.3. The summed E-state index contributed by atoms with van der Waals surface area (Å²) in [5.74, 6) is 0. The molecule has 0 saturated carbocycles. The van der Waals surface area contributed by atoms with Crippen molar-refractivity contribution in [3.05, 3.63) is 77.9 Å². The molecule has 1 fully saturated rings. The number of piperazine rings is 1. The monoisotopic (exact) mass is 334 g/mol. The Balaban J connectivity index is 1.37. The van der Waals surface area contributed by atoms with Crippen molar-refractivity contribution in [1.29, 1.82) is 0 Å². The topological polar surface area (TPSA) is 6.48 Å². The first-order chi connectivity index (χ1) is 12.3. The van der Waals surface area contributed by atoms with Gasteiger partial charge in [0.2, 0.25) is 0 Å². The first-order valence-corrected chi connectivity index (χ1v) is 9.53. The van der Waals surface area contributed by atoms with Gasteiger partial charge in [0.05, 0.1) is 0 Å². The van der Waals surface area contributed by atoms with Gasteiger partial charge in [-0.15, -0.1) is 0 Å². The number of benzene rings is 2. The second kappa shape index (κ2) is 9.55. The average Bonchev–Trinajstić information content (AvgIpc) is 2.68. The molecule has 0 radical (unpaired) electrons. The molecule has 0 aliphatic carbocycles. The smallest absolute Gasteiger partial charge is 0.0167 e. The minimum Gasteiger partial charge on any atom is -0.298 e. The SMILES string of the molecule is CC(CCc1ccccc1)N1CCN(CC=Cc2ccccc2)CC1. The fraction of sp³-hybridized carbons (Fsp3) is 0.391. The molecule has 0 bridgehead atoms. The van der Waals surface area contributed by atoms with Crippen molar-refractivity contribution in [2.75, 3.05) is 32.7 Å². The van der Waals surface area contributed by atoms with Crippen LogP contribution in [0.5, 0.6) is 0 Å². The highest BCUT2D eigenvalue weighted by Crippen LogP contribution is 2.13. The van der Waals surface area contributed by atoms with E-state index in [0.29, 0.717) is 6.04 Å². The fourth-order valence-electron chi connectivity index (χ4n) is 3.49. The fourth-order valence-corrected chi connectivity index (χ4v) is 3.49. The van der Waals surface area contributed by atoms with Crippen molar-refractivity contribution in [2.24, 2.45) is 0 Å². The van der Waals surface area contributed by atoms with Gasteiger partial charge in [0.1, 0.15) is 0 Å². The highest BCUT2D eigenvalue weighted by Gasteiger charge is 2.20. The van der Waals surface area contributed by atoms with Crippen LogP contribution in [0.25, 0.3) is 6.08 Å². The summed E-state index contributed by atoms with van der Waals surface area (Å²) < 4.78 is 0. The second-order valence-electron chi connectivity index (χ2n) is 7.02. The standard InChI is InChI=1S/C23H30N2/c1-21(14-15-23-11-6-3-7-12-23)25-19-17-24(18-20-25)16-8-13-22-9-4-2-5-10-22/h2-13,21H,14-20H2,1H3. The van der Waals surface area contributed by atoms with Crippen molar-refractivity contribution >= 4 is 6.08 Å². The van der Waals surface area contributed by atoms with E-state index in [1.165, 1.54) is 50.1 Å². The Hall–Kier alpha value is -1.90. The molecule has 0 N–H and O–H groups in total. The minimum atomic E-state index is 0.669. The lowest BCUT2D eigenvalue weighted by molar-refractivity contribution is 0.106. The maximum absolute atomic E-state index is 2.65. The molecule has 1 aliphatic rings. The van der Waals surface area contributed by atoms with E-state index in [-0.39, 0.29) is 0 Å². The highest BCUT2D eigenvalue weighted by molar-refractivity contribution is 5.48. The van der Waals surface area contributed by atoms with Gasteiger partial charge in [0.25, 0.3) is 0 Å². The minimum absolute atomic E-state index is 0.669. The van der Waals surface area contributed by atoms with E-state index < -0.39 is 0 Å². The predicted octanol–water partition coefficient (Wildman–Crippen LogP) is 4.34. The molecule has 0 spiro atoms. The third-order valence-corrected chi connectivity index (χ3v) is 5.20. The van der Waals surface area contributed by atoms with Gasteiger partial charge in [-0.3, -0.25) is 9.80 Å². The van der Waals surface area contributed by atoms with E-state index in [0.717, 1.165) is 6.54 Å². The molecule has 25 heavy (non-hydrogen) atoms. The first kappa shape index (κ1) is 17.9. The van der Waals surface area contributed by atoms with Crippen LogP contribution in [0, 0.1) is 0 Å². The maximum atomic E-state index is 2.65. The Kier molecular flexibility index (Phi) is 6.84. The molecule has 2 heteroatoms.